The fourth-order valence-electron chi connectivity index (χ4n) is 2.12. The molecule has 6 heteroatoms. The lowest BCUT2D eigenvalue weighted by atomic mass is 10.1. The number of rotatable bonds is 5. The molecule has 0 aliphatic heterocycles. The topological polar surface area (TPSA) is 64.1 Å². The van der Waals surface area contributed by atoms with E-state index in [9.17, 15) is 4.79 Å². The molecule has 1 N–H and O–H groups in total. The number of anilines is 1. The number of amides is 1. The van der Waals surface area contributed by atoms with Crippen LogP contribution in [0.25, 0.3) is 11.4 Å². The maximum absolute atomic E-state index is 12.3. The van der Waals surface area contributed by atoms with Gasteiger partial charge in [-0.25, -0.2) is 0 Å². The van der Waals surface area contributed by atoms with Crippen LogP contribution in [0.2, 0.25) is 0 Å². The Labute approximate surface area is 138 Å². The summed E-state index contributed by atoms with van der Waals surface area (Å²) >= 11 is 1.16. The lowest BCUT2D eigenvalue weighted by molar-refractivity contribution is 0.102. The molecule has 0 aliphatic carbocycles. The summed E-state index contributed by atoms with van der Waals surface area (Å²) < 4.78 is 9.36. The molecule has 0 bridgehead atoms. The van der Waals surface area contributed by atoms with Crippen molar-refractivity contribution in [3.8, 4) is 11.4 Å². The molecule has 0 saturated heterocycles. The summed E-state index contributed by atoms with van der Waals surface area (Å²) in [6, 6.07) is 17.0. The number of ether oxygens (including phenoxy) is 1. The van der Waals surface area contributed by atoms with Gasteiger partial charge in [-0.1, -0.05) is 42.5 Å². The number of hydrogen-bond acceptors (Lipinski definition) is 5. The van der Waals surface area contributed by atoms with Gasteiger partial charge >= 0.3 is 0 Å². The van der Waals surface area contributed by atoms with E-state index in [4.69, 9.17) is 4.74 Å². The first-order chi connectivity index (χ1) is 11.3. The first-order valence-corrected chi connectivity index (χ1v) is 7.82. The Bertz CT molecular complexity index is 802. The molecule has 1 aromatic heterocycles. The normalized spacial score (nSPS) is 10.5. The van der Waals surface area contributed by atoms with Gasteiger partial charge in [-0.05, 0) is 17.7 Å². The maximum atomic E-state index is 12.3. The number of carbonyl (C=O) groups excluding carboxylic acids is 1. The van der Waals surface area contributed by atoms with Gasteiger partial charge in [0.2, 0.25) is 5.13 Å². The second kappa shape index (κ2) is 7.13. The van der Waals surface area contributed by atoms with Crippen LogP contribution in [0, 0.1) is 0 Å². The average Bonchev–Trinajstić information content (AvgIpc) is 3.05. The Morgan fingerprint density at radius 3 is 2.78 bits per heavy atom. The molecule has 23 heavy (non-hydrogen) atoms. The van der Waals surface area contributed by atoms with E-state index < -0.39 is 0 Å². The van der Waals surface area contributed by atoms with Crippen molar-refractivity contribution in [3.63, 3.8) is 0 Å². The summed E-state index contributed by atoms with van der Waals surface area (Å²) in [6.45, 7) is 0.470. The van der Waals surface area contributed by atoms with Crippen molar-refractivity contribution in [1.82, 2.24) is 9.36 Å². The fraction of sp³-hybridized carbons (Fsp3) is 0.118. The number of nitrogens with zero attached hydrogens (tertiary/aromatic N) is 2. The number of nitrogens with one attached hydrogen (secondary N) is 1. The van der Waals surface area contributed by atoms with Crippen molar-refractivity contribution in [2.24, 2.45) is 0 Å². The minimum Gasteiger partial charge on any atom is -0.380 e. The van der Waals surface area contributed by atoms with Crippen LogP contribution in [0.1, 0.15) is 15.9 Å². The Kier molecular flexibility index (Phi) is 4.75. The Morgan fingerprint density at radius 2 is 2.00 bits per heavy atom. The third-order valence-corrected chi connectivity index (χ3v) is 3.81. The van der Waals surface area contributed by atoms with E-state index in [0.29, 0.717) is 23.1 Å². The molecule has 3 aromatic rings. The van der Waals surface area contributed by atoms with Crippen LogP contribution in [0.4, 0.5) is 5.13 Å². The van der Waals surface area contributed by atoms with Crippen molar-refractivity contribution in [2.75, 3.05) is 12.4 Å². The first-order valence-electron chi connectivity index (χ1n) is 7.04. The fourth-order valence-corrected chi connectivity index (χ4v) is 2.70. The number of hydrogen-bond donors (Lipinski definition) is 1. The number of benzene rings is 2. The smallest absolute Gasteiger partial charge is 0.257 e. The van der Waals surface area contributed by atoms with Gasteiger partial charge in [-0.15, -0.1) is 0 Å². The average molecular weight is 325 g/mol. The molecule has 0 spiro atoms. The van der Waals surface area contributed by atoms with Gasteiger partial charge in [0.1, 0.15) is 0 Å². The summed E-state index contributed by atoms with van der Waals surface area (Å²) in [5, 5.41) is 3.26. The molecule has 0 fully saturated rings. The SMILES string of the molecule is COCc1cccc(C(=O)Nc2nc(-c3ccccc3)ns2)c1. The highest BCUT2D eigenvalue weighted by Gasteiger charge is 2.11. The van der Waals surface area contributed by atoms with Crippen LogP contribution < -0.4 is 5.32 Å². The van der Waals surface area contributed by atoms with E-state index in [2.05, 4.69) is 14.7 Å². The lowest BCUT2D eigenvalue weighted by Crippen LogP contribution is -2.12. The molecule has 1 heterocycles. The summed E-state index contributed by atoms with van der Waals surface area (Å²) in [4.78, 5) is 16.7. The van der Waals surface area contributed by atoms with E-state index >= 15 is 0 Å². The third-order valence-electron chi connectivity index (χ3n) is 3.18. The molecular formula is C17H15N3O2S. The minimum absolute atomic E-state index is 0.210. The van der Waals surface area contributed by atoms with Crippen LogP contribution in [-0.4, -0.2) is 22.4 Å². The molecule has 0 radical (unpaired) electrons. The van der Waals surface area contributed by atoms with Crippen LogP contribution in [0.15, 0.2) is 54.6 Å². The molecule has 0 saturated carbocycles. The summed E-state index contributed by atoms with van der Waals surface area (Å²) in [7, 11) is 1.62. The summed E-state index contributed by atoms with van der Waals surface area (Å²) in [6.07, 6.45) is 0. The van der Waals surface area contributed by atoms with E-state index in [0.717, 1.165) is 22.7 Å². The predicted molar refractivity (Wildman–Crippen MR) is 90.5 cm³/mol. The quantitative estimate of drug-likeness (QED) is 0.778. The van der Waals surface area contributed by atoms with Gasteiger partial charge in [0, 0.05) is 29.8 Å². The zero-order valence-electron chi connectivity index (χ0n) is 12.5. The van der Waals surface area contributed by atoms with Crippen molar-refractivity contribution in [2.45, 2.75) is 6.61 Å². The van der Waals surface area contributed by atoms with Crippen molar-refractivity contribution >= 4 is 22.6 Å². The van der Waals surface area contributed by atoms with Crippen LogP contribution in [0.5, 0.6) is 0 Å². The summed E-state index contributed by atoms with van der Waals surface area (Å²) in [5.74, 6) is 0.401. The van der Waals surface area contributed by atoms with Crippen molar-refractivity contribution in [1.29, 1.82) is 0 Å². The molecule has 0 unspecified atom stereocenters. The highest BCUT2D eigenvalue weighted by molar-refractivity contribution is 7.10. The lowest BCUT2D eigenvalue weighted by Gasteiger charge is -2.04. The second-order valence-electron chi connectivity index (χ2n) is 4.88. The van der Waals surface area contributed by atoms with Gasteiger partial charge in [0.25, 0.3) is 5.91 Å². The van der Waals surface area contributed by atoms with Gasteiger partial charge in [-0.3, -0.25) is 10.1 Å². The molecule has 0 atom stereocenters. The molecule has 0 aliphatic rings. The highest BCUT2D eigenvalue weighted by atomic mass is 32.1. The highest BCUT2D eigenvalue weighted by Crippen LogP contribution is 2.21. The van der Waals surface area contributed by atoms with Crippen molar-refractivity contribution in [3.05, 3.63) is 65.7 Å². The molecule has 5 nitrogen and oxygen atoms in total. The van der Waals surface area contributed by atoms with E-state index in [-0.39, 0.29) is 5.91 Å². The third kappa shape index (κ3) is 3.80. The van der Waals surface area contributed by atoms with Crippen LogP contribution in [0.3, 0.4) is 0 Å². The van der Waals surface area contributed by atoms with E-state index in [1.54, 1.807) is 19.2 Å². The molecule has 2 aromatic carbocycles. The molecule has 116 valence electrons. The van der Waals surface area contributed by atoms with Crippen LogP contribution in [-0.2, 0) is 11.3 Å². The maximum Gasteiger partial charge on any atom is 0.257 e. The first kappa shape index (κ1) is 15.3. The zero-order chi connectivity index (χ0) is 16.1. The molecular weight excluding hydrogens is 310 g/mol. The summed E-state index contributed by atoms with van der Waals surface area (Å²) in [5.41, 5.74) is 2.43. The second-order valence-corrected chi connectivity index (χ2v) is 5.63. The Balaban J connectivity index is 1.73. The van der Waals surface area contributed by atoms with Gasteiger partial charge in [0.15, 0.2) is 5.82 Å². The van der Waals surface area contributed by atoms with Crippen LogP contribution >= 0.6 is 11.5 Å². The number of carbonyl (C=O) groups is 1. The minimum atomic E-state index is -0.210. The predicted octanol–water partition coefficient (Wildman–Crippen LogP) is 3.60. The van der Waals surface area contributed by atoms with E-state index in [1.807, 2.05) is 42.5 Å². The van der Waals surface area contributed by atoms with Gasteiger partial charge in [0.05, 0.1) is 6.61 Å². The van der Waals surface area contributed by atoms with Crippen molar-refractivity contribution < 1.29 is 9.53 Å². The number of methoxy groups -OCH3 is 1. The van der Waals surface area contributed by atoms with E-state index in [1.165, 1.54) is 0 Å². The van der Waals surface area contributed by atoms with Gasteiger partial charge < -0.3 is 4.74 Å². The Hall–Kier alpha value is -2.57. The number of aromatic nitrogens is 2. The zero-order valence-corrected chi connectivity index (χ0v) is 13.3. The van der Waals surface area contributed by atoms with Gasteiger partial charge in [-0.2, -0.15) is 9.36 Å². The molecule has 1 amide bonds. The monoisotopic (exact) mass is 325 g/mol. The molecule has 3 rings (SSSR count). The largest absolute Gasteiger partial charge is 0.380 e. The Morgan fingerprint density at radius 1 is 1.17 bits per heavy atom. The standard InChI is InChI=1S/C17H15N3O2S/c1-22-11-12-6-5-9-14(10-12)16(21)19-17-18-15(20-23-17)13-7-3-2-4-8-13/h2-10H,11H2,1H3,(H,18,19,20,21).